The molecule has 2 aliphatic rings. The van der Waals surface area contributed by atoms with E-state index in [1.807, 2.05) is 11.0 Å². The summed E-state index contributed by atoms with van der Waals surface area (Å²) in [5, 5.41) is 15.5. The number of piperidine rings is 1. The van der Waals surface area contributed by atoms with Gasteiger partial charge in [-0.3, -0.25) is 4.79 Å². The minimum absolute atomic E-state index is 0.0393. The molecule has 0 spiro atoms. The van der Waals surface area contributed by atoms with Crippen molar-refractivity contribution in [2.45, 2.75) is 32.1 Å². The number of hydrogen-bond donors (Lipinski definition) is 3. The number of carbonyl (C=O) groups is 1. The summed E-state index contributed by atoms with van der Waals surface area (Å²) >= 11 is 0. The standard InChI is InChI=1S/C18H29N5O3/c1-13(25)23-6-2-14(3-7-23)11-20-17-10-16(15-4-9-26-12-15)21-18(22-17)19-5-8-24/h10,14-15,24H,2-9,11-12H2,1H3,(H2,19,20,21,22)/t15-/m1/s1. The number of rotatable bonds is 7. The highest BCUT2D eigenvalue weighted by molar-refractivity contribution is 5.73. The van der Waals surface area contributed by atoms with Crippen LogP contribution in [0.4, 0.5) is 11.8 Å². The molecule has 0 bridgehead atoms. The Kier molecular flexibility index (Phi) is 6.62. The fraction of sp³-hybridized carbons (Fsp3) is 0.722. The van der Waals surface area contributed by atoms with Crippen LogP contribution in [0, 0.1) is 5.92 Å². The van der Waals surface area contributed by atoms with Crippen LogP contribution in [0.5, 0.6) is 0 Å². The van der Waals surface area contributed by atoms with E-state index in [9.17, 15) is 4.79 Å². The van der Waals surface area contributed by atoms with Gasteiger partial charge >= 0.3 is 0 Å². The van der Waals surface area contributed by atoms with Gasteiger partial charge in [-0.05, 0) is 25.2 Å². The summed E-state index contributed by atoms with van der Waals surface area (Å²) in [4.78, 5) is 22.4. The Bertz CT molecular complexity index is 598. The first-order chi connectivity index (χ1) is 12.7. The summed E-state index contributed by atoms with van der Waals surface area (Å²) in [7, 11) is 0. The van der Waals surface area contributed by atoms with Crippen molar-refractivity contribution >= 4 is 17.7 Å². The van der Waals surface area contributed by atoms with E-state index < -0.39 is 0 Å². The largest absolute Gasteiger partial charge is 0.395 e. The third-order valence-corrected chi connectivity index (χ3v) is 5.12. The topological polar surface area (TPSA) is 99.6 Å². The van der Waals surface area contributed by atoms with E-state index in [1.54, 1.807) is 6.92 Å². The highest BCUT2D eigenvalue weighted by atomic mass is 16.5. The lowest BCUT2D eigenvalue weighted by molar-refractivity contribution is -0.130. The second-order valence-electron chi connectivity index (χ2n) is 7.04. The summed E-state index contributed by atoms with van der Waals surface area (Å²) in [6, 6.07) is 2.01. The quantitative estimate of drug-likeness (QED) is 0.666. The van der Waals surface area contributed by atoms with E-state index in [1.165, 1.54) is 0 Å². The van der Waals surface area contributed by atoms with Crippen LogP contribution in [0.1, 0.15) is 37.8 Å². The van der Waals surface area contributed by atoms with E-state index in [0.29, 0.717) is 30.9 Å². The molecule has 1 aromatic heterocycles. The number of hydrogen-bond acceptors (Lipinski definition) is 7. The number of anilines is 2. The van der Waals surface area contributed by atoms with Crippen LogP contribution in [0.15, 0.2) is 6.07 Å². The number of aromatic nitrogens is 2. The molecule has 3 N–H and O–H groups in total. The Morgan fingerprint density at radius 1 is 1.31 bits per heavy atom. The smallest absolute Gasteiger partial charge is 0.224 e. The lowest BCUT2D eigenvalue weighted by Crippen LogP contribution is -2.38. The summed E-state index contributed by atoms with van der Waals surface area (Å²) in [6.45, 7) is 6.06. The van der Waals surface area contributed by atoms with E-state index in [-0.39, 0.29) is 12.5 Å². The van der Waals surface area contributed by atoms with Crippen molar-refractivity contribution in [3.63, 3.8) is 0 Å². The van der Waals surface area contributed by atoms with Crippen molar-refractivity contribution in [1.82, 2.24) is 14.9 Å². The number of nitrogens with zero attached hydrogens (tertiary/aromatic N) is 3. The SMILES string of the molecule is CC(=O)N1CCC(CNc2cc([C@@H]3CCOC3)nc(NCCO)n2)CC1. The molecule has 2 aliphatic heterocycles. The molecule has 8 heteroatoms. The molecule has 144 valence electrons. The zero-order valence-electron chi connectivity index (χ0n) is 15.4. The molecule has 3 rings (SSSR count). The molecule has 0 unspecified atom stereocenters. The zero-order valence-corrected chi connectivity index (χ0v) is 15.4. The molecule has 26 heavy (non-hydrogen) atoms. The Morgan fingerprint density at radius 3 is 2.77 bits per heavy atom. The molecule has 0 saturated carbocycles. The monoisotopic (exact) mass is 363 g/mol. The van der Waals surface area contributed by atoms with Crippen LogP contribution in [-0.4, -0.2) is 71.9 Å². The van der Waals surface area contributed by atoms with Gasteiger partial charge in [0.05, 0.1) is 18.9 Å². The molecule has 0 radical (unpaired) electrons. The van der Waals surface area contributed by atoms with Crippen molar-refractivity contribution in [2.75, 3.05) is 56.6 Å². The maximum Gasteiger partial charge on any atom is 0.224 e. The van der Waals surface area contributed by atoms with E-state index in [2.05, 4.69) is 20.6 Å². The number of amides is 1. The van der Waals surface area contributed by atoms with Gasteiger partial charge in [0.25, 0.3) is 0 Å². The minimum Gasteiger partial charge on any atom is -0.395 e. The Labute approximate surface area is 154 Å². The molecule has 8 nitrogen and oxygen atoms in total. The fourth-order valence-corrected chi connectivity index (χ4v) is 3.48. The highest BCUT2D eigenvalue weighted by Gasteiger charge is 2.22. The van der Waals surface area contributed by atoms with Crippen molar-refractivity contribution in [2.24, 2.45) is 5.92 Å². The van der Waals surface area contributed by atoms with Gasteiger partial charge in [-0.1, -0.05) is 0 Å². The number of aliphatic hydroxyl groups excluding tert-OH is 1. The Balaban J connectivity index is 1.60. The molecule has 2 fully saturated rings. The maximum absolute atomic E-state index is 11.4. The summed E-state index contributed by atoms with van der Waals surface area (Å²) in [6.07, 6.45) is 2.99. The van der Waals surface area contributed by atoms with Crippen LogP contribution in [0.25, 0.3) is 0 Å². The van der Waals surface area contributed by atoms with Crippen LogP contribution in [-0.2, 0) is 9.53 Å². The Hall–Kier alpha value is -1.93. The van der Waals surface area contributed by atoms with Gasteiger partial charge in [-0.25, -0.2) is 4.98 Å². The van der Waals surface area contributed by atoms with E-state index in [0.717, 1.165) is 57.0 Å². The first-order valence-corrected chi connectivity index (χ1v) is 9.46. The fourth-order valence-electron chi connectivity index (χ4n) is 3.48. The first-order valence-electron chi connectivity index (χ1n) is 9.46. The van der Waals surface area contributed by atoms with Crippen LogP contribution >= 0.6 is 0 Å². The van der Waals surface area contributed by atoms with E-state index in [4.69, 9.17) is 9.84 Å². The second-order valence-corrected chi connectivity index (χ2v) is 7.04. The third-order valence-electron chi connectivity index (χ3n) is 5.12. The lowest BCUT2D eigenvalue weighted by Gasteiger charge is -2.31. The van der Waals surface area contributed by atoms with Gasteiger partial charge in [0.2, 0.25) is 11.9 Å². The molecular formula is C18H29N5O3. The normalized spacial score (nSPS) is 21.0. The first kappa shape index (κ1) is 18.8. The minimum atomic E-state index is 0.0393. The average molecular weight is 363 g/mol. The van der Waals surface area contributed by atoms with Crippen molar-refractivity contribution in [3.05, 3.63) is 11.8 Å². The molecule has 0 aromatic carbocycles. The number of ether oxygens (including phenoxy) is 1. The second kappa shape index (κ2) is 9.14. The average Bonchev–Trinajstić information content (AvgIpc) is 3.20. The van der Waals surface area contributed by atoms with Crippen molar-refractivity contribution < 1.29 is 14.6 Å². The predicted molar refractivity (Wildman–Crippen MR) is 99.3 cm³/mol. The van der Waals surface area contributed by atoms with Crippen LogP contribution in [0.2, 0.25) is 0 Å². The predicted octanol–water partition coefficient (Wildman–Crippen LogP) is 1.06. The molecule has 1 aromatic rings. The molecule has 2 saturated heterocycles. The van der Waals surface area contributed by atoms with Gasteiger partial charge in [0, 0.05) is 51.7 Å². The molecule has 3 heterocycles. The van der Waals surface area contributed by atoms with Gasteiger partial charge in [0.1, 0.15) is 5.82 Å². The third kappa shape index (κ3) is 5.04. The molecule has 0 aliphatic carbocycles. The van der Waals surface area contributed by atoms with Crippen molar-refractivity contribution in [1.29, 1.82) is 0 Å². The molecular weight excluding hydrogens is 334 g/mol. The zero-order chi connectivity index (χ0) is 18.4. The highest BCUT2D eigenvalue weighted by Crippen LogP contribution is 2.26. The molecule has 1 amide bonds. The van der Waals surface area contributed by atoms with E-state index >= 15 is 0 Å². The van der Waals surface area contributed by atoms with Gasteiger partial charge in [-0.2, -0.15) is 4.98 Å². The maximum atomic E-state index is 11.4. The van der Waals surface area contributed by atoms with Gasteiger partial charge in [0.15, 0.2) is 0 Å². The summed E-state index contributed by atoms with van der Waals surface area (Å²) in [5.74, 6) is 2.34. The number of aliphatic hydroxyl groups is 1. The van der Waals surface area contributed by atoms with Crippen molar-refractivity contribution in [3.8, 4) is 0 Å². The van der Waals surface area contributed by atoms with Crippen LogP contribution < -0.4 is 10.6 Å². The van der Waals surface area contributed by atoms with Crippen LogP contribution in [0.3, 0.4) is 0 Å². The van der Waals surface area contributed by atoms with Gasteiger partial charge in [-0.15, -0.1) is 0 Å². The number of nitrogens with one attached hydrogen (secondary N) is 2. The summed E-state index contributed by atoms with van der Waals surface area (Å²) in [5.41, 5.74) is 0.979. The Morgan fingerprint density at radius 2 is 2.12 bits per heavy atom. The number of likely N-dealkylation sites (tertiary alicyclic amines) is 1. The molecule has 1 atom stereocenters. The summed E-state index contributed by atoms with van der Waals surface area (Å²) < 4.78 is 5.48. The lowest BCUT2D eigenvalue weighted by atomic mass is 9.97. The van der Waals surface area contributed by atoms with Gasteiger partial charge < -0.3 is 25.4 Å². The number of carbonyl (C=O) groups excluding carboxylic acids is 1.